The van der Waals surface area contributed by atoms with Crippen LogP contribution in [0.5, 0.6) is 0 Å². The number of hydrogen-bond donors (Lipinski definition) is 2. The minimum Gasteiger partial charge on any atom is -0.382 e. The van der Waals surface area contributed by atoms with Crippen LogP contribution in [-0.4, -0.2) is 9.97 Å². The molecule has 0 aliphatic heterocycles. The Bertz CT molecular complexity index is 518. The molecule has 6 heteroatoms. The average Bonchev–Trinajstić information content (AvgIpc) is 2.24. The smallest absolute Gasteiger partial charge is 0.151 e. The van der Waals surface area contributed by atoms with Crippen molar-refractivity contribution in [3.8, 4) is 0 Å². The zero-order chi connectivity index (χ0) is 11.5. The molecule has 4 nitrogen and oxygen atoms in total. The van der Waals surface area contributed by atoms with E-state index in [4.69, 9.17) is 5.73 Å². The lowest BCUT2D eigenvalue weighted by molar-refractivity contribution is 0.631. The van der Waals surface area contributed by atoms with Crippen LogP contribution in [0.2, 0.25) is 0 Å². The largest absolute Gasteiger partial charge is 0.382 e. The fraction of sp³-hybridized carbons (Fsp3) is 0. The molecule has 1 aromatic carbocycles. The van der Waals surface area contributed by atoms with Crippen molar-refractivity contribution >= 4 is 33.3 Å². The summed E-state index contributed by atoms with van der Waals surface area (Å²) in [6.45, 7) is 0. The van der Waals surface area contributed by atoms with E-state index < -0.39 is 0 Å². The summed E-state index contributed by atoms with van der Waals surface area (Å²) in [7, 11) is 0. The molecule has 82 valence electrons. The van der Waals surface area contributed by atoms with Crippen LogP contribution in [-0.2, 0) is 0 Å². The number of nitrogens with zero attached hydrogens (tertiary/aromatic N) is 2. The minimum absolute atomic E-state index is 0.278. The van der Waals surface area contributed by atoms with Gasteiger partial charge >= 0.3 is 0 Å². The van der Waals surface area contributed by atoms with E-state index in [0.717, 1.165) is 4.47 Å². The van der Waals surface area contributed by atoms with Crippen molar-refractivity contribution in [2.24, 2.45) is 0 Å². The van der Waals surface area contributed by atoms with Crippen molar-refractivity contribution in [1.29, 1.82) is 0 Å². The summed E-state index contributed by atoms with van der Waals surface area (Å²) in [6, 6.07) is 4.58. The number of nitrogens with two attached hydrogens (primary N) is 1. The number of anilines is 3. The van der Waals surface area contributed by atoms with Gasteiger partial charge in [0.05, 0.1) is 18.1 Å². The minimum atomic E-state index is -0.368. The van der Waals surface area contributed by atoms with Crippen LogP contribution in [0, 0.1) is 5.82 Å². The van der Waals surface area contributed by atoms with Gasteiger partial charge in [0.25, 0.3) is 0 Å². The number of halogens is 2. The van der Waals surface area contributed by atoms with Crippen molar-refractivity contribution < 1.29 is 4.39 Å². The molecular formula is C10H8BrFN4. The third-order valence-electron chi connectivity index (χ3n) is 1.84. The van der Waals surface area contributed by atoms with E-state index in [-0.39, 0.29) is 11.6 Å². The fourth-order valence-electron chi connectivity index (χ4n) is 1.17. The Morgan fingerprint density at radius 1 is 1.31 bits per heavy atom. The van der Waals surface area contributed by atoms with E-state index in [2.05, 4.69) is 31.2 Å². The predicted molar refractivity (Wildman–Crippen MR) is 63.8 cm³/mol. The highest BCUT2D eigenvalue weighted by atomic mass is 79.9. The van der Waals surface area contributed by atoms with Gasteiger partial charge in [0.2, 0.25) is 0 Å². The molecule has 1 aromatic heterocycles. The Kier molecular flexibility index (Phi) is 3.00. The highest BCUT2D eigenvalue weighted by Gasteiger charge is 2.04. The maximum Gasteiger partial charge on any atom is 0.151 e. The third kappa shape index (κ3) is 2.46. The number of rotatable bonds is 2. The first-order chi connectivity index (χ1) is 7.65. The molecule has 0 spiro atoms. The third-order valence-corrected chi connectivity index (χ3v) is 2.34. The normalized spacial score (nSPS) is 10.1. The number of hydrogen-bond acceptors (Lipinski definition) is 4. The van der Waals surface area contributed by atoms with Gasteiger partial charge in [0.15, 0.2) is 5.82 Å². The van der Waals surface area contributed by atoms with Gasteiger partial charge in [-0.25, -0.2) is 9.37 Å². The molecule has 1 heterocycles. The maximum absolute atomic E-state index is 13.4. The van der Waals surface area contributed by atoms with Gasteiger partial charge in [-0.05, 0) is 18.2 Å². The molecule has 0 aliphatic rings. The lowest BCUT2D eigenvalue weighted by atomic mass is 10.3. The molecule has 0 bridgehead atoms. The summed E-state index contributed by atoms with van der Waals surface area (Å²) in [5.41, 5.74) is 5.78. The van der Waals surface area contributed by atoms with E-state index in [9.17, 15) is 4.39 Å². The molecular weight excluding hydrogens is 275 g/mol. The second-order valence-electron chi connectivity index (χ2n) is 3.08. The van der Waals surface area contributed by atoms with Gasteiger partial charge in [0, 0.05) is 4.47 Å². The van der Waals surface area contributed by atoms with E-state index in [1.165, 1.54) is 18.5 Å². The molecule has 0 atom stereocenters. The molecule has 0 aliphatic carbocycles. The van der Waals surface area contributed by atoms with Crippen LogP contribution in [0.25, 0.3) is 0 Å². The monoisotopic (exact) mass is 282 g/mol. The van der Waals surface area contributed by atoms with Crippen molar-refractivity contribution in [3.05, 3.63) is 40.9 Å². The van der Waals surface area contributed by atoms with Crippen LogP contribution in [0.15, 0.2) is 35.1 Å². The molecule has 2 aromatic rings. The van der Waals surface area contributed by atoms with Crippen LogP contribution in [0.1, 0.15) is 0 Å². The van der Waals surface area contributed by atoms with Crippen molar-refractivity contribution in [2.75, 3.05) is 11.1 Å². The van der Waals surface area contributed by atoms with Gasteiger partial charge in [-0.15, -0.1) is 0 Å². The zero-order valence-corrected chi connectivity index (χ0v) is 9.70. The summed E-state index contributed by atoms with van der Waals surface area (Å²) in [5, 5.41) is 2.80. The maximum atomic E-state index is 13.4. The van der Waals surface area contributed by atoms with Gasteiger partial charge in [-0.2, -0.15) is 0 Å². The molecule has 16 heavy (non-hydrogen) atoms. The lowest BCUT2D eigenvalue weighted by Crippen LogP contribution is -1.99. The topological polar surface area (TPSA) is 63.8 Å². The fourth-order valence-corrected chi connectivity index (χ4v) is 1.53. The molecule has 0 saturated carbocycles. The first-order valence-corrected chi connectivity index (χ1v) is 5.24. The van der Waals surface area contributed by atoms with Gasteiger partial charge in [-0.3, -0.25) is 4.98 Å². The summed E-state index contributed by atoms with van der Waals surface area (Å²) in [4.78, 5) is 7.81. The molecule has 0 radical (unpaired) electrons. The van der Waals surface area contributed by atoms with Crippen LogP contribution < -0.4 is 11.1 Å². The van der Waals surface area contributed by atoms with Crippen LogP contribution in [0.4, 0.5) is 21.7 Å². The Morgan fingerprint density at radius 2 is 2.12 bits per heavy atom. The number of nitrogen functional groups attached to an aromatic ring is 1. The first-order valence-electron chi connectivity index (χ1n) is 4.45. The molecule has 2 rings (SSSR count). The number of nitrogens with one attached hydrogen (secondary N) is 1. The standard InChI is InChI=1S/C10H8BrFN4/c11-6-1-2-7(12)8(3-6)15-10-5-14-4-9(13)16-10/h1-5H,(H3,13,15,16). The summed E-state index contributed by atoms with van der Waals surface area (Å²) >= 11 is 3.26. The van der Waals surface area contributed by atoms with Gasteiger partial charge in [-0.1, -0.05) is 15.9 Å². The summed E-state index contributed by atoms with van der Waals surface area (Å²) in [6.07, 6.45) is 2.89. The average molecular weight is 283 g/mol. The van der Waals surface area contributed by atoms with E-state index in [1.54, 1.807) is 12.1 Å². The molecule has 0 fully saturated rings. The second kappa shape index (κ2) is 4.44. The zero-order valence-electron chi connectivity index (χ0n) is 8.11. The Hall–Kier alpha value is -1.69. The predicted octanol–water partition coefficient (Wildman–Crippen LogP) is 2.70. The Balaban J connectivity index is 2.30. The van der Waals surface area contributed by atoms with E-state index >= 15 is 0 Å². The molecule has 3 N–H and O–H groups in total. The lowest BCUT2D eigenvalue weighted by Gasteiger charge is -2.06. The van der Waals surface area contributed by atoms with Crippen molar-refractivity contribution in [2.45, 2.75) is 0 Å². The summed E-state index contributed by atoms with van der Waals surface area (Å²) < 4.78 is 14.2. The quantitative estimate of drug-likeness (QED) is 0.889. The summed E-state index contributed by atoms with van der Waals surface area (Å²) in [5.74, 6) is 0.310. The highest BCUT2D eigenvalue weighted by molar-refractivity contribution is 9.10. The van der Waals surface area contributed by atoms with Crippen LogP contribution >= 0.6 is 15.9 Å². The van der Waals surface area contributed by atoms with Gasteiger partial charge < -0.3 is 11.1 Å². The van der Waals surface area contributed by atoms with Gasteiger partial charge in [0.1, 0.15) is 11.6 Å². The van der Waals surface area contributed by atoms with Crippen molar-refractivity contribution in [3.63, 3.8) is 0 Å². The number of aromatic nitrogens is 2. The van der Waals surface area contributed by atoms with E-state index in [0.29, 0.717) is 11.5 Å². The Morgan fingerprint density at radius 3 is 2.88 bits per heavy atom. The SMILES string of the molecule is Nc1cncc(Nc2cc(Br)ccc2F)n1. The second-order valence-corrected chi connectivity index (χ2v) is 3.99. The number of benzene rings is 1. The van der Waals surface area contributed by atoms with Crippen LogP contribution in [0.3, 0.4) is 0 Å². The highest BCUT2D eigenvalue weighted by Crippen LogP contribution is 2.22. The van der Waals surface area contributed by atoms with E-state index in [1.807, 2.05) is 0 Å². The first kappa shape index (κ1) is 10.8. The molecule has 0 unspecified atom stereocenters. The Labute approximate surface area is 99.9 Å². The molecule has 0 amide bonds. The molecule has 0 saturated heterocycles. The van der Waals surface area contributed by atoms with Crippen molar-refractivity contribution in [1.82, 2.24) is 9.97 Å².